The molecular formula is C28H27N3O4. The highest BCUT2D eigenvalue weighted by Gasteiger charge is 2.20. The zero-order valence-corrected chi connectivity index (χ0v) is 19.5. The van der Waals surface area contributed by atoms with E-state index >= 15 is 0 Å². The predicted molar refractivity (Wildman–Crippen MR) is 136 cm³/mol. The summed E-state index contributed by atoms with van der Waals surface area (Å²) in [4.78, 5) is 22.3. The average Bonchev–Trinajstić information content (AvgIpc) is 3.23. The second-order valence-corrected chi connectivity index (χ2v) is 8.48. The summed E-state index contributed by atoms with van der Waals surface area (Å²) >= 11 is 0. The first-order chi connectivity index (χ1) is 17.1. The summed E-state index contributed by atoms with van der Waals surface area (Å²) < 4.78 is 10.3. The van der Waals surface area contributed by atoms with E-state index in [9.17, 15) is 9.90 Å². The maximum absolute atomic E-state index is 12.0. The van der Waals surface area contributed by atoms with Crippen molar-refractivity contribution in [3.8, 4) is 5.88 Å². The number of aromatic amines is 1. The molecule has 0 atom stereocenters. The number of H-pyrrole nitrogens is 1. The van der Waals surface area contributed by atoms with Crippen LogP contribution in [-0.4, -0.2) is 60.1 Å². The molecule has 1 saturated heterocycles. The van der Waals surface area contributed by atoms with E-state index in [1.54, 1.807) is 18.2 Å². The van der Waals surface area contributed by atoms with Gasteiger partial charge in [0.15, 0.2) is 5.88 Å². The van der Waals surface area contributed by atoms with Gasteiger partial charge in [-0.05, 0) is 29.8 Å². The van der Waals surface area contributed by atoms with E-state index in [1.807, 2.05) is 42.5 Å². The van der Waals surface area contributed by atoms with Gasteiger partial charge in [-0.25, -0.2) is 9.79 Å². The van der Waals surface area contributed by atoms with Gasteiger partial charge >= 0.3 is 5.97 Å². The second-order valence-electron chi connectivity index (χ2n) is 8.48. The standard InChI is InChI=1S/C28H27N3O4/c1-34-28(33)21-9-12-23-24(17-21)30-27(32)25(23)26(20-5-3-2-4-6-20)29-22-10-7-19(8-11-22)18-31-13-15-35-16-14-31/h2-12,17,30,32H,13-16,18H2,1H3. The Bertz CT molecular complexity index is 1350. The van der Waals surface area contributed by atoms with Crippen molar-refractivity contribution < 1.29 is 19.4 Å². The maximum Gasteiger partial charge on any atom is 0.337 e. The number of aromatic nitrogens is 1. The van der Waals surface area contributed by atoms with Crippen molar-refractivity contribution in [3.63, 3.8) is 0 Å². The predicted octanol–water partition coefficient (Wildman–Crippen LogP) is 4.66. The highest BCUT2D eigenvalue weighted by Crippen LogP contribution is 2.32. The highest BCUT2D eigenvalue weighted by atomic mass is 16.5. The van der Waals surface area contributed by atoms with Crippen LogP contribution in [0.25, 0.3) is 10.9 Å². The lowest BCUT2D eigenvalue weighted by molar-refractivity contribution is 0.0342. The lowest BCUT2D eigenvalue weighted by Gasteiger charge is -2.26. The van der Waals surface area contributed by atoms with E-state index in [0.29, 0.717) is 22.4 Å². The van der Waals surface area contributed by atoms with Crippen LogP contribution < -0.4 is 0 Å². The number of benzene rings is 3. The SMILES string of the molecule is COC(=O)c1ccc2c(C(=Nc3ccc(CN4CCOCC4)cc3)c3ccccc3)c(O)[nH]c2c1. The molecule has 3 aromatic carbocycles. The molecule has 1 aliphatic rings. The fraction of sp³-hybridized carbons (Fsp3) is 0.214. The van der Waals surface area contributed by atoms with Crippen LogP contribution in [0.3, 0.4) is 0 Å². The first-order valence-electron chi connectivity index (χ1n) is 11.6. The number of morpholine rings is 1. The molecule has 0 unspecified atom stereocenters. The Labute approximate surface area is 203 Å². The summed E-state index contributed by atoms with van der Waals surface area (Å²) in [6.45, 7) is 4.31. The number of hydrogen-bond donors (Lipinski definition) is 2. The minimum atomic E-state index is -0.434. The molecule has 1 aliphatic heterocycles. The van der Waals surface area contributed by atoms with E-state index < -0.39 is 5.97 Å². The quantitative estimate of drug-likeness (QED) is 0.317. The fourth-order valence-electron chi connectivity index (χ4n) is 4.35. The third-order valence-corrected chi connectivity index (χ3v) is 6.17. The largest absolute Gasteiger partial charge is 0.494 e. The van der Waals surface area contributed by atoms with E-state index in [4.69, 9.17) is 14.5 Å². The number of hydrogen-bond acceptors (Lipinski definition) is 6. The zero-order chi connectivity index (χ0) is 24.2. The Kier molecular flexibility index (Phi) is 6.61. The number of aliphatic imine (C=N–C) groups is 1. The number of carbonyl (C=O) groups is 1. The molecule has 7 nitrogen and oxygen atoms in total. The van der Waals surface area contributed by atoms with Gasteiger partial charge in [0.25, 0.3) is 0 Å². The maximum atomic E-state index is 12.0. The van der Waals surface area contributed by atoms with E-state index in [1.165, 1.54) is 12.7 Å². The Morgan fingerprint density at radius 3 is 2.49 bits per heavy atom. The molecule has 0 aliphatic carbocycles. The van der Waals surface area contributed by atoms with Gasteiger partial charge in [-0.1, -0.05) is 48.5 Å². The molecule has 4 aromatic rings. The third-order valence-electron chi connectivity index (χ3n) is 6.17. The number of esters is 1. The smallest absolute Gasteiger partial charge is 0.337 e. The van der Waals surface area contributed by atoms with E-state index in [-0.39, 0.29) is 5.88 Å². The van der Waals surface area contributed by atoms with Crippen LogP contribution in [0.4, 0.5) is 5.69 Å². The van der Waals surface area contributed by atoms with Crippen molar-refractivity contribution in [1.29, 1.82) is 0 Å². The minimum Gasteiger partial charge on any atom is -0.494 e. The van der Waals surface area contributed by atoms with E-state index in [0.717, 1.165) is 49.5 Å². The van der Waals surface area contributed by atoms with Gasteiger partial charge in [-0.3, -0.25) is 4.90 Å². The van der Waals surface area contributed by atoms with Gasteiger partial charge in [-0.15, -0.1) is 0 Å². The number of fused-ring (bicyclic) bond motifs is 1. The second kappa shape index (κ2) is 10.1. The van der Waals surface area contributed by atoms with Gasteiger partial charge in [0, 0.05) is 36.1 Å². The molecule has 178 valence electrons. The zero-order valence-electron chi connectivity index (χ0n) is 19.5. The molecular weight excluding hydrogens is 442 g/mol. The van der Waals surface area contributed by atoms with Crippen LogP contribution in [0.15, 0.2) is 77.8 Å². The Hall–Kier alpha value is -3.94. The number of rotatable bonds is 6. The number of aromatic hydroxyl groups is 1. The summed E-state index contributed by atoms with van der Waals surface area (Å²) in [6.07, 6.45) is 0. The Morgan fingerprint density at radius 2 is 1.77 bits per heavy atom. The molecule has 0 bridgehead atoms. The Balaban J connectivity index is 1.53. The van der Waals surface area contributed by atoms with Crippen LogP contribution in [0.5, 0.6) is 5.88 Å². The van der Waals surface area contributed by atoms with Crippen molar-refractivity contribution in [3.05, 3.63) is 95.1 Å². The number of nitrogens with one attached hydrogen (secondary N) is 1. The van der Waals surface area contributed by atoms with Gasteiger partial charge in [0.05, 0.1) is 42.8 Å². The van der Waals surface area contributed by atoms with Crippen LogP contribution in [-0.2, 0) is 16.0 Å². The molecule has 0 spiro atoms. The molecule has 0 saturated carbocycles. The van der Waals surface area contributed by atoms with Gasteiger partial charge in [-0.2, -0.15) is 0 Å². The van der Waals surface area contributed by atoms with Crippen molar-refractivity contribution in [2.45, 2.75) is 6.54 Å². The molecule has 35 heavy (non-hydrogen) atoms. The van der Waals surface area contributed by atoms with Crippen molar-refractivity contribution in [2.75, 3.05) is 33.4 Å². The number of ether oxygens (including phenoxy) is 2. The molecule has 7 heteroatoms. The summed E-state index contributed by atoms with van der Waals surface area (Å²) in [5.41, 5.74) is 5.14. The first-order valence-corrected chi connectivity index (χ1v) is 11.6. The van der Waals surface area contributed by atoms with Crippen LogP contribution in [0, 0.1) is 0 Å². The molecule has 0 radical (unpaired) electrons. The minimum absolute atomic E-state index is 0.00597. The third kappa shape index (κ3) is 4.96. The molecule has 1 aromatic heterocycles. The van der Waals surface area contributed by atoms with Crippen LogP contribution >= 0.6 is 0 Å². The molecule has 1 fully saturated rings. The average molecular weight is 470 g/mol. The number of carbonyl (C=O) groups excluding carboxylic acids is 1. The van der Waals surface area contributed by atoms with Gasteiger partial charge in [0.2, 0.25) is 0 Å². The summed E-state index contributed by atoms with van der Waals surface area (Å²) in [5, 5.41) is 11.7. The molecule has 5 rings (SSSR count). The van der Waals surface area contributed by atoms with Crippen molar-refractivity contribution in [2.24, 2.45) is 4.99 Å². The van der Waals surface area contributed by atoms with Crippen LogP contribution in [0.1, 0.15) is 27.0 Å². The summed E-state index contributed by atoms with van der Waals surface area (Å²) in [6, 6.07) is 23.1. The number of methoxy groups -OCH3 is 1. The van der Waals surface area contributed by atoms with Gasteiger partial charge < -0.3 is 19.6 Å². The molecule has 2 N–H and O–H groups in total. The highest BCUT2D eigenvalue weighted by molar-refractivity contribution is 6.22. The topological polar surface area (TPSA) is 87.2 Å². The van der Waals surface area contributed by atoms with Gasteiger partial charge in [0.1, 0.15) is 0 Å². The lowest BCUT2D eigenvalue weighted by atomic mass is 10.00. The monoisotopic (exact) mass is 469 g/mol. The Morgan fingerprint density at radius 1 is 1.03 bits per heavy atom. The lowest BCUT2D eigenvalue weighted by Crippen LogP contribution is -2.35. The summed E-state index contributed by atoms with van der Waals surface area (Å²) in [5.74, 6) is -0.440. The first kappa shape index (κ1) is 22.8. The van der Waals surface area contributed by atoms with Crippen molar-refractivity contribution in [1.82, 2.24) is 9.88 Å². The normalized spacial score (nSPS) is 14.8. The molecule has 0 amide bonds. The van der Waals surface area contributed by atoms with Crippen molar-refractivity contribution >= 4 is 28.3 Å². The van der Waals surface area contributed by atoms with E-state index in [2.05, 4.69) is 22.0 Å². The molecule has 2 heterocycles. The number of nitrogens with zero attached hydrogens (tertiary/aromatic N) is 2. The fourth-order valence-corrected chi connectivity index (χ4v) is 4.35. The van der Waals surface area contributed by atoms with Crippen LogP contribution in [0.2, 0.25) is 0 Å². The summed E-state index contributed by atoms with van der Waals surface area (Å²) in [7, 11) is 1.34.